The molecule has 0 aromatic heterocycles. The Morgan fingerprint density at radius 1 is 1.60 bits per heavy atom. The van der Waals surface area contributed by atoms with Gasteiger partial charge in [-0.1, -0.05) is 0 Å². The molecular formula is C4H8N2O3S. The van der Waals surface area contributed by atoms with E-state index in [4.69, 9.17) is 5.14 Å². The largest absolute Gasteiger partial charge is 0.469 e. The fourth-order valence-corrected chi connectivity index (χ4v) is 1.13. The first-order valence-corrected chi connectivity index (χ1v) is 4.35. The number of nitrogens with zero attached hydrogens (tertiary/aromatic N) is 1. The van der Waals surface area contributed by atoms with Crippen molar-refractivity contribution in [3.63, 3.8) is 0 Å². The first kappa shape index (κ1) is 7.49. The second-order valence-corrected chi connectivity index (χ2v) is 3.33. The minimum Gasteiger partial charge on any atom is -0.469 e. The maximum Gasteiger partial charge on any atom is 0.320 e. The summed E-state index contributed by atoms with van der Waals surface area (Å²) in [6, 6.07) is 0. The van der Waals surface area contributed by atoms with Gasteiger partial charge in [0.05, 0.1) is 6.61 Å². The van der Waals surface area contributed by atoms with Crippen molar-refractivity contribution in [1.29, 1.82) is 0 Å². The maximum absolute atomic E-state index is 10.5. The molecule has 0 atom stereocenters. The Morgan fingerprint density at radius 2 is 2.30 bits per heavy atom. The summed E-state index contributed by atoms with van der Waals surface area (Å²) in [5.41, 5.74) is 0. The van der Waals surface area contributed by atoms with Crippen molar-refractivity contribution in [2.45, 2.75) is 6.42 Å². The van der Waals surface area contributed by atoms with Crippen molar-refractivity contribution < 1.29 is 13.2 Å². The standard InChI is InChI=1S/C4H8N2O3S/c5-10(7,8)4-6-2-1-3-9-4/h1-3H2,(H2,5,7,8). The average Bonchev–Trinajstić information content (AvgIpc) is 1.88. The maximum atomic E-state index is 10.5. The van der Waals surface area contributed by atoms with E-state index < -0.39 is 10.0 Å². The minimum atomic E-state index is -3.70. The van der Waals surface area contributed by atoms with Crippen LogP contribution in [0.2, 0.25) is 0 Å². The number of ether oxygens (including phenoxy) is 1. The highest BCUT2D eigenvalue weighted by atomic mass is 32.2. The third kappa shape index (κ3) is 1.68. The summed E-state index contributed by atoms with van der Waals surface area (Å²) in [6.07, 6.45) is 0.749. The average molecular weight is 164 g/mol. The predicted octanol–water partition coefficient (Wildman–Crippen LogP) is -0.949. The number of rotatable bonds is 0. The lowest BCUT2D eigenvalue weighted by Crippen LogP contribution is -2.28. The smallest absolute Gasteiger partial charge is 0.320 e. The molecule has 5 nitrogen and oxygen atoms in total. The highest BCUT2D eigenvalue weighted by Gasteiger charge is 2.17. The summed E-state index contributed by atoms with van der Waals surface area (Å²) < 4.78 is 25.7. The summed E-state index contributed by atoms with van der Waals surface area (Å²) in [4.78, 5) is 3.58. The number of hydrogen-bond donors (Lipinski definition) is 1. The summed E-state index contributed by atoms with van der Waals surface area (Å²) >= 11 is 0. The van der Waals surface area contributed by atoms with Gasteiger partial charge in [-0.05, 0) is 0 Å². The lowest BCUT2D eigenvalue weighted by molar-refractivity contribution is 0.290. The van der Waals surface area contributed by atoms with Crippen LogP contribution in [0.1, 0.15) is 6.42 Å². The number of aliphatic imine (C=N–C) groups is 1. The van der Waals surface area contributed by atoms with Crippen LogP contribution >= 0.6 is 0 Å². The first-order valence-electron chi connectivity index (χ1n) is 2.81. The zero-order valence-electron chi connectivity index (χ0n) is 5.28. The Hall–Kier alpha value is -0.620. The second-order valence-electron chi connectivity index (χ2n) is 1.89. The minimum absolute atomic E-state index is 0.334. The van der Waals surface area contributed by atoms with E-state index in [0.29, 0.717) is 13.2 Å². The molecule has 0 aromatic rings. The van der Waals surface area contributed by atoms with Gasteiger partial charge in [0, 0.05) is 13.0 Å². The molecule has 0 aromatic carbocycles. The van der Waals surface area contributed by atoms with E-state index >= 15 is 0 Å². The highest BCUT2D eigenvalue weighted by molar-refractivity contribution is 8.04. The summed E-state index contributed by atoms with van der Waals surface area (Å²) in [5.74, 6) is 0. The van der Waals surface area contributed by atoms with Gasteiger partial charge in [-0.25, -0.2) is 18.5 Å². The van der Waals surface area contributed by atoms with E-state index in [1.54, 1.807) is 0 Å². The highest BCUT2D eigenvalue weighted by Crippen LogP contribution is 1.99. The molecular weight excluding hydrogens is 156 g/mol. The number of nitrogens with two attached hydrogens (primary N) is 1. The molecule has 6 heteroatoms. The van der Waals surface area contributed by atoms with Crippen molar-refractivity contribution in [3.05, 3.63) is 0 Å². The number of primary sulfonamides is 1. The molecule has 0 saturated carbocycles. The van der Waals surface area contributed by atoms with E-state index in [9.17, 15) is 8.42 Å². The molecule has 0 aliphatic carbocycles. The first-order chi connectivity index (χ1) is 4.61. The van der Waals surface area contributed by atoms with Crippen LogP contribution in [-0.4, -0.2) is 26.8 Å². The van der Waals surface area contributed by atoms with E-state index in [-0.39, 0.29) is 5.23 Å². The fourth-order valence-electron chi connectivity index (χ4n) is 0.612. The Kier molecular flexibility index (Phi) is 1.91. The van der Waals surface area contributed by atoms with Crippen LogP contribution in [-0.2, 0) is 14.8 Å². The lowest BCUT2D eigenvalue weighted by Gasteiger charge is -2.10. The molecule has 1 rings (SSSR count). The monoisotopic (exact) mass is 164 g/mol. The van der Waals surface area contributed by atoms with Gasteiger partial charge in [0.1, 0.15) is 0 Å². The molecule has 0 radical (unpaired) electrons. The lowest BCUT2D eigenvalue weighted by atomic mass is 10.4. The summed E-state index contributed by atoms with van der Waals surface area (Å²) in [6.45, 7) is 0.862. The quantitative estimate of drug-likeness (QED) is 0.501. The van der Waals surface area contributed by atoms with Crippen LogP contribution in [0, 0.1) is 0 Å². The molecule has 1 heterocycles. The van der Waals surface area contributed by atoms with Gasteiger partial charge in [0.25, 0.3) is 10.0 Å². The molecule has 0 bridgehead atoms. The van der Waals surface area contributed by atoms with Crippen molar-refractivity contribution in [1.82, 2.24) is 0 Å². The molecule has 58 valence electrons. The summed E-state index contributed by atoms with van der Waals surface area (Å²) in [7, 11) is -3.70. The van der Waals surface area contributed by atoms with Crippen molar-refractivity contribution in [2.75, 3.05) is 13.2 Å². The van der Waals surface area contributed by atoms with Crippen LogP contribution in [0.5, 0.6) is 0 Å². The molecule has 10 heavy (non-hydrogen) atoms. The molecule has 0 unspecified atom stereocenters. The van der Waals surface area contributed by atoms with Gasteiger partial charge in [0.2, 0.25) is 0 Å². The third-order valence-electron chi connectivity index (χ3n) is 1.01. The Labute approximate surface area is 58.9 Å². The topological polar surface area (TPSA) is 81.8 Å². The van der Waals surface area contributed by atoms with Gasteiger partial charge in [0.15, 0.2) is 0 Å². The molecule has 0 saturated heterocycles. The SMILES string of the molecule is NS(=O)(=O)C1=NCCCO1. The van der Waals surface area contributed by atoms with Crippen LogP contribution < -0.4 is 5.14 Å². The molecule has 0 amide bonds. The Morgan fingerprint density at radius 3 is 2.60 bits per heavy atom. The van der Waals surface area contributed by atoms with E-state index in [1.807, 2.05) is 0 Å². The molecule has 2 N–H and O–H groups in total. The second kappa shape index (κ2) is 2.55. The van der Waals surface area contributed by atoms with E-state index in [0.717, 1.165) is 6.42 Å². The summed E-state index contributed by atoms with van der Waals surface area (Å²) in [5, 5.41) is 4.39. The van der Waals surface area contributed by atoms with Crippen molar-refractivity contribution in [3.8, 4) is 0 Å². The van der Waals surface area contributed by atoms with Crippen LogP contribution in [0.15, 0.2) is 4.99 Å². The van der Waals surface area contributed by atoms with E-state index in [1.165, 1.54) is 0 Å². The van der Waals surface area contributed by atoms with Crippen molar-refractivity contribution in [2.24, 2.45) is 10.1 Å². The van der Waals surface area contributed by atoms with Gasteiger partial charge in [-0.15, -0.1) is 0 Å². The normalized spacial score (nSPS) is 19.5. The van der Waals surface area contributed by atoms with Gasteiger partial charge >= 0.3 is 5.23 Å². The molecule has 1 aliphatic rings. The zero-order valence-corrected chi connectivity index (χ0v) is 6.10. The van der Waals surface area contributed by atoms with Crippen molar-refractivity contribution >= 4 is 15.3 Å². The van der Waals surface area contributed by atoms with Gasteiger partial charge in [-0.2, -0.15) is 0 Å². The molecule has 1 aliphatic heterocycles. The Balaban J connectivity index is 2.82. The van der Waals surface area contributed by atoms with Crippen LogP contribution in [0.4, 0.5) is 0 Å². The zero-order chi connectivity index (χ0) is 7.61. The van der Waals surface area contributed by atoms with Crippen LogP contribution in [0.3, 0.4) is 0 Å². The third-order valence-corrected chi connectivity index (χ3v) is 1.75. The van der Waals surface area contributed by atoms with Crippen LogP contribution in [0.25, 0.3) is 0 Å². The van der Waals surface area contributed by atoms with E-state index in [2.05, 4.69) is 9.73 Å². The Bertz CT molecular complexity index is 243. The predicted molar refractivity (Wildman–Crippen MR) is 36.0 cm³/mol. The molecule has 0 fully saturated rings. The number of sulfonamides is 1. The number of hydrogen-bond acceptors (Lipinski definition) is 4. The molecule has 0 spiro atoms. The fraction of sp³-hybridized carbons (Fsp3) is 0.750. The van der Waals surface area contributed by atoms with Gasteiger partial charge < -0.3 is 4.74 Å². The van der Waals surface area contributed by atoms with Gasteiger partial charge in [-0.3, -0.25) is 0 Å².